The van der Waals surface area contributed by atoms with E-state index in [9.17, 15) is 9.59 Å². The summed E-state index contributed by atoms with van der Waals surface area (Å²) in [6.07, 6.45) is 0.984. The third-order valence-corrected chi connectivity index (χ3v) is 3.72. The fraction of sp³-hybridized carbons (Fsp3) is 0.222. The molecule has 0 saturated heterocycles. The number of rotatable bonds is 6. The predicted octanol–water partition coefficient (Wildman–Crippen LogP) is 2.03. The molecule has 0 bridgehead atoms. The molecule has 1 aromatic heterocycles. The molecule has 0 saturated carbocycles. The van der Waals surface area contributed by atoms with Crippen LogP contribution in [0.4, 0.5) is 0 Å². The topological polar surface area (TPSA) is 84.3 Å². The van der Waals surface area contributed by atoms with Crippen molar-refractivity contribution >= 4 is 17.0 Å². The first-order chi connectivity index (χ1) is 11.6. The van der Waals surface area contributed by atoms with Crippen LogP contribution in [-0.4, -0.2) is 24.5 Å². The fourth-order valence-electron chi connectivity index (χ4n) is 2.53. The predicted molar refractivity (Wildman–Crippen MR) is 90.2 cm³/mol. The zero-order chi connectivity index (χ0) is 16.9. The minimum atomic E-state index is -0.464. The summed E-state index contributed by atoms with van der Waals surface area (Å²) < 4.78 is 10.1. The van der Waals surface area contributed by atoms with Crippen molar-refractivity contribution < 1.29 is 13.9 Å². The molecule has 2 aromatic carbocycles. The number of methoxy groups -OCH3 is 1. The third-order valence-electron chi connectivity index (χ3n) is 3.72. The quantitative estimate of drug-likeness (QED) is 0.726. The average Bonchev–Trinajstić information content (AvgIpc) is 2.94. The second kappa shape index (κ2) is 7.04. The van der Waals surface area contributed by atoms with Gasteiger partial charge in [-0.3, -0.25) is 9.78 Å². The van der Waals surface area contributed by atoms with Crippen molar-refractivity contribution in [2.24, 2.45) is 0 Å². The zero-order valence-corrected chi connectivity index (χ0v) is 13.3. The first-order valence-corrected chi connectivity index (χ1v) is 7.65. The highest BCUT2D eigenvalue weighted by molar-refractivity contribution is 5.78. The number of fused-ring (bicyclic) bond motifs is 1. The monoisotopic (exact) mass is 326 g/mol. The molecule has 0 aliphatic rings. The van der Waals surface area contributed by atoms with E-state index in [0.29, 0.717) is 30.5 Å². The highest BCUT2D eigenvalue weighted by atomic mass is 16.5. The molecule has 0 spiro atoms. The van der Waals surface area contributed by atoms with Gasteiger partial charge in [0.1, 0.15) is 5.75 Å². The molecule has 3 rings (SSSR count). The number of amides is 1. The fourth-order valence-corrected chi connectivity index (χ4v) is 2.53. The SMILES string of the molecule is COc1cccc(CC(=O)NCCc2ccc3oc(=O)[nH]c3c2)c1. The molecule has 124 valence electrons. The van der Waals surface area contributed by atoms with Crippen LogP contribution in [0.5, 0.6) is 5.75 Å². The van der Waals surface area contributed by atoms with Crippen LogP contribution in [0.15, 0.2) is 51.7 Å². The van der Waals surface area contributed by atoms with Gasteiger partial charge in [-0.15, -0.1) is 0 Å². The van der Waals surface area contributed by atoms with Gasteiger partial charge in [0.15, 0.2) is 5.58 Å². The Morgan fingerprint density at radius 3 is 2.92 bits per heavy atom. The summed E-state index contributed by atoms with van der Waals surface area (Å²) in [5.74, 6) is 0.234. The Labute approximate surface area is 138 Å². The molecule has 2 N–H and O–H groups in total. The van der Waals surface area contributed by atoms with Gasteiger partial charge >= 0.3 is 5.76 Å². The number of H-pyrrole nitrogens is 1. The van der Waals surface area contributed by atoms with Gasteiger partial charge in [0.25, 0.3) is 0 Å². The third kappa shape index (κ3) is 3.84. The molecule has 0 aliphatic carbocycles. The number of aromatic amines is 1. The molecule has 3 aromatic rings. The lowest BCUT2D eigenvalue weighted by atomic mass is 10.1. The maximum Gasteiger partial charge on any atom is 0.417 e. The van der Waals surface area contributed by atoms with Gasteiger partial charge in [-0.05, 0) is 41.8 Å². The highest BCUT2D eigenvalue weighted by Gasteiger charge is 2.05. The molecular formula is C18H18N2O4. The maximum absolute atomic E-state index is 12.0. The molecule has 0 atom stereocenters. The normalized spacial score (nSPS) is 10.7. The van der Waals surface area contributed by atoms with E-state index in [1.54, 1.807) is 13.2 Å². The summed E-state index contributed by atoms with van der Waals surface area (Å²) in [4.78, 5) is 25.8. The van der Waals surface area contributed by atoms with Crippen LogP contribution in [0, 0.1) is 0 Å². The maximum atomic E-state index is 12.0. The van der Waals surface area contributed by atoms with Gasteiger partial charge in [0.2, 0.25) is 5.91 Å². The zero-order valence-electron chi connectivity index (χ0n) is 13.3. The lowest BCUT2D eigenvalue weighted by Crippen LogP contribution is -2.27. The van der Waals surface area contributed by atoms with Crippen LogP contribution in [0.1, 0.15) is 11.1 Å². The van der Waals surface area contributed by atoms with Gasteiger partial charge in [-0.25, -0.2) is 4.79 Å². The molecule has 0 unspecified atom stereocenters. The Bertz CT molecular complexity index is 911. The van der Waals surface area contributed by atoms with Crippen molar-refractivity contribution in [3.05, 3.63) is 64.1 Å². The molecular weight excluding hydrogens is 308 g/mol. The van der Waals surface area contributed by atoms with E-state index < -0.39 is 5.76 Å². The second-order valence-corrected chi connectivity index (χ2v) is 5.47. The average molecular weight is 326 g/mol. The van der Waals surface area contributed by atoms with Crippen LogP contribution < -0.4 is 15.8 Å². The van der Waals surface area contributed by atoms with Crippen molar-refractivity contribution in [1.82, 2.24) is 10.3 Å². The number of benzene rings is 2. The standard InChI is InChI=1S/C18H18N2O4/c1-23-14-4-2-3-13(9-14)11-17(21)19-8-7-12-5-6-16-15(10-12)20-18(22)24-16/h2-6,9-10H,7-8,11H2,1H3,(H,19,21)(H,20,22). The number of oxazole rings is 1. The van der Waals surface area contributed by atoms with Gasteiger partial charge in [0.05, 0.1) is 19.0 Å². The summed E-state index contributed by atoms with van der Waals surface area (Å²) in [5.41, 5.74) is 3.12. The van der Waals surface area contributed by atoms with E-state index in [-0.39, 0.29) is 5.91 Å². The first kappa shape index (κ1) is 15.9. The Morgan fingerprint density at radius 1 is 1.21 bits per heavy atom. The first-order valence-electron chi connectivity index (χ1n) is 7.65. The number of hydrogen-bond donors (Lipinski definition) is 2. The summed E-state index contributed by atoms with van der Waals surface area (Å²) in [6, 6.07) is 12.9. The molecule has 24 heavy (non-hydrogen) atoms. The summed E-state index contributed by atoms with van der Waals surface area (Å²) in [5, 5.41) is 2.90. The Kier molecular flexibility index (Phi) is 4.65. The van der Waals surface area contributed by atoms with E-state index in [1.807, 2.05) is 36.4 Å². The van der Waals surface area contributed by atoms with Crippen molar-refractivity contribution in [3.63, 3.8) is 0 Å². The van der Waals surface area contributed by atoms with Crippen LogP contribution in [-0.2, 0) is 17.6 Å². The lowest BCUT2D eigenvalue weighted by Gasteiger charge is -2.07. The number of ether oxygens (including phenoxy) is 1. The number of nitrogens with one attached hydrogen (secondary N) is 2. The Balaban J connectivity index is 1.52. The summed E-state index contributed by atoms with van der Waals surface area (Å²) in [7, 11) is 1.60. The molecule has 0 fully saturated rings. The van der Waals surface area contributed by atoms with Crippen LogP contribution in [0.3, 0.4) is 0 Å². The molecule has 0 aliphatic heterocycles. The molecule has 1 heterocycles. The van der Waals surface area contributed by atoms with Gasteiger partial charge < -0.3 is 14.5 Å². The summed E-state index contributed by atoms with van der Waals surface area (Å²) in [6.45, 7) is 0.524. The largest absolute Gasteiger partial charge is 0.497 e. The molecule has 1 amide bonds. The van der Waals surface area contributed by atoms with Crippen molar-refractivity contribution in [2.45, 2.75) is 12.8 Å². The van der Waals surface area contributed by atoms with E-state index in [4.69, 9.17) is 9.15 Å². The Hall–Kier alpha value is -3.02. The molecule has 6 heteroatoms. The van der Waals surface area contributed by atoms with Crippen molar-refractivity contribution in [1.29, 1.82) is 0 Å². The van der Waals surface area contributed by atoms with Crippen LogP contribution in [0.2, 0.25) is 0 Å². The Morgan fingerprint density at radius 2 is 2.08 bits per heavy atom. The van der Waals surface area contributed by atoms with E-state index in [1.165, 1.54) is 0 Å². The minimum Gasteiger partial charge on any atom is -0.497 e. The van der Waals surface area contributed by atoms with Gasteiger partial charge in [0, 0.05) is 6.54 Å². The van der Waals surface area contributed by atoms with E-state index in [0.717, 1.165) is 16.9 Å². The minimum absolute atomic E-state index is 0.0407. The molecule has 6 nitrogen and oxygen atoms in total. The lowest BCUT2D eigenvalue weighted by molar-refractivity contribution is -0.120. The number of carbonyl (C=O) groups excluding carboxylic acids is 1. The van der Waals surface area contributed by atoms with E-state index in [2.05, 4.69) is 10.3 Å². The van der Waals surface area contributed by atoms with Crippen molar-refractivity contribution in [3.8, 4) is 5.75 Å². The number of carbonyl (C=O) groups is 1. The number of hydrogen-bond acceptors (Lipinski definition) is 4. The summed E-state index contributed by atoms with van der Waals surface area (Å²) >= 11 is 0. The van der Waals surface area contributed by atoms with Crippen LogP contribution in [0.25, 0.3) is 11.1 Å². The highest BCUT2D eigenvalue weighted by Crippen LogP contribution is 2.13. The van der Waals surface area contributed by atoms with Crippen LogP contribution >= 0.6 is 0 Å². The second-order valence-electron chi connectivity index (χ2n) is 5.47. The smallest absolute Gasteiger partial charge is 0.417 e. The van der Waals surface area contributed by atoms with E-state index >= 15 is 0 Å². The molecule has 0 radical (unpaired) electrons. The van der Waals surface area contributed by atoms with Gasteiger partial charge in [-0.1, -0.05) is 18.2 Å². The van der Waals surface area contributed by atoms with Crippen molar-refractivity contribution in [2.75, 3.05) is 13.7 Å². The number of aromatic nitrogens is 1. The van der Waals surface area contributed by atoms with Gasteiger partial charge in [-0.2, -0.15) is 0 Å².